The Kier molecular flexibility index (Phi) is 9.00. The Morgan fingerprint density at radius 1 is 1.50 bits per heavy atom. The molecule has 0 spiro atoms. The molecule has 0 fully saturated rings. The van der Waals surface area contributed by atoms with Gasteiger partial charge in [-0.2, -0.15) is 0 Å². The van der Waals surface area contributed by atoms with Gasteiger partial charge in [0.1, 0.15) is 0 Å². The van der Waals surface area contributed by atoms with Crippen LogP contribution in [-0.4, -0.2) is 26.3 Å². The zero-order chi connectivity index (χ0) is 10.8. The predicted molar refractivity (Wildman–Crippen MR) is 62.6 cm³/mol. The molecule has 0 aromatic heterocycles. The lowest BCUT2D eigenvalue weighted by Crippen LogP contribution is -2.30. The largest absolute Gasteiger partial charge is 0.385 e. The van der Waals surface area contributed by atoms with Gasteiger partial charge in [0.15, 0.2) is 0 Å². The van der Waals surface area contributed by atoms with Crippen molar-refractivity contribution in [3.05, 3.63) is 12.2 Å². The van der Waals surface area contributed by atoms with E-state index in [4.69, 9.17) is 4.74 Å². The maximum absolute atomic E-state index is 5.05. The lowest BCUT2D eigenvalue weighted by atomic mass is 10.0. The molecule has 0 aromatic carbocycles. The van der Waals surface area contributed by atoms with E-state index in [9.17, 15) is 0 Å². The van der Waals surface area contributed by atoms with Gasteiger partial charge in [-0.05, 0) is 39.2 Å². The van der Waals surface area contributed by atoms with Gasteiger partial charge in [-0.1, -0.05) is 12.5 Å². The molecule has 0 saturated heterocycles. The third-order valence-corrected chi connectivity index (χ3v) is 2.18. The molecule has 0 amide bonds. The molecule has 14 heavy (non-hydrogen) atoms. The van der Waals surface area contributed by atoms with Crippen LogP contribution in [0.3, 0.4) is 0 Å². The van der Waals surface area contributed by atoms with E-state index >= 15 is 0 Å². The second-order valence-corrected chi connectivity index (χ2v) is 3.95. The summed E-state index contributed by atoms with van der Waals surface area (Å²) < 4.78 is 5.05. The lowest BCUT2D eigenvalue weighted by Gasteiger charge is -2.18. The fourth-order valence-corrected chi connectivity index (χ4v) is 1.52. The number of hydrogen-bond donors (Lipinski definition) is 1. The summed E-state index contributed by atoms with van der Waals surface area (Å²) in [6, 6.07) is 0.586. The lowest BCUT2D eigenvalue weighted by molar-refractivity contribution is 0.188. The van der Waals surface area contributed by atoms with Gasteiger partial charge in [0.25, 0.3) is 0 Å². The number of rotatable bonds is 9. The van der Waals surface area contributed by atoms with Gasteiger partial charge in [0.2, 0.25) is 0 Å². The molecule has 0 aliphatic heterocycles. The average Bonchev–Trinajstić information content (AvgIpc) is 2.13. The topological polar surface area (TPSA) is 21.3 Å². The molecule has 0 saturated carbocycles. The van der Waals surface area contributed by atoms with Gasteiger partial charge < -0.3 is 10.1 Å². The van der Waals surface area contributed by atoms with Crippen LogP contribution in [0.4, 0.5) is 0 Å². The van der Waals surface area contributed by atoms with Gasteiger partial charge in [-0.3, -0.25) is 0 Å². The molecule has 84 valence electrons. The van der Waals surface area contributed by atoms with Crippen LogP contribution in [0.1, 0.15) is 39.5 Å². The fraction of sp³-hybridized carbons (Fsp3) is 0.833. The molecule has 1 unspecified atom stereocenters. The van der Waals surface area contributed by atoms with Crippen molar-refractivity contribution in [1.29, 1.82) is 0 Å². The zero-order valence-electron chi connectivity index (χ0n) is 9.94. The van der Waals surface area contributed by atoms with Crippen LogP contribution in [-0.2, 0) is 4.74 Å². The van der Waals surface area contributed by atoms with Crippen molar-refractivity contribution >= 4 is 0 Å². The molecule has 0 heterocycles. The summed E-state index contributed by atoms with van der Waals surface area (Å²) in [7, 11) is 1.76. The minimum Gasteiger partial charge on any atom is -0.385 e. The third kappa shape index (κ3) is 8.27. The van der Waals surface area contributed by atoms with Crippen molar-refractivity contribution in [1.82, 2.24) is 5.32 Å². The van der Waals surface area contributed by atoms with Crippen molar-refractivity contribution in [2.24, 2.45) is 0 Å². The Bertz CT molecular complexity index is 145. The number of ether oxygens (including phenoxy) is 1. The summed E-state index contributed by atoms with van der Waals surface area (Å²) in [5.41, 5.74) is 1.26. The Labute approximate surface area is 88.7 Å². The molecule has 2 nitrogen and oxygen atoms in total. The monoisotopic (exact) mass is 199 g/mol. The van der Waals surface area contributed by atoms with E-state index in [2.05, 4.69) is 25.7 Å². The van der Waals surface area contributed by atoms with Crippen molar-refractivity contribution in [3.8, 4) is 0 Å². The van der Waals surface area contributed by atoms with E-state index in [1.54, 1.807) is 7.11 Å². The van der Waals surface area contributed by atoms with Crippen molar-refractivity contribution < 1.29 is 4.74 Å². The molecule has 0 aliphatic rings. The summed E-state index contributed by atoms with van der Waals surface area (Å²) in [6.45, 7) is 10.2. The molecule has 0 radical (unpaired) electrons. The fourth-order valence-electron chi connectivity index (χ4n) is 1.52. The van der Waals surface area contributed by atoms with Gasteiger partial charge in [0, 0.05) is 19.8 Å². The maximum Gasteiger partial charge on any atom is 0.0462 e. The number of nitrogens with one attached hydrogen (secondary N) is 1. The summed E-state index contributed by atoms with van der Waals surface area (Å²) in [5.74, 6) is 0. The minimum atomic E-state index is 0.586. The van der Waals surface area contributed by atoms with Crippen LogP contribution in [0, 0.1) is 0 Å². The first-order valence-corrected chi connectivity index (χ1v) is 5.57. The van der Waals surface area contributed by atoms with Crippen molar-refractivity contribution in [2.45, 2.75) is 45.6 Å². The Morgan fingerprint density at radius 2 is 2.21 bits per heavy atom. The minimum absolute atomic E-state index is 0.586. The highest BCUT2D eigenvalue weighted by molar-refractivity contribution is 4.92. The van der Waals surface area contributed by atoms with Gasteiger partial charge >= 0.3 is 0 Å². The van der Waals surface area contributed by atoms with Crippen LogP contribution in [0.2, 0.25) is 0 Å². The quantitative estimate of drug-likeness (QED) is 0.455. The molecule has 0 bridgehead atoms. The first-order valence-electron chi connectivity index (χ1n) is 5.57. The molecular weight excluding hydrogens is 174 g/mol. The summed E-state index contributed by atoms with van der Waals surface area (Å²) >= 11 is 0. The van der Waals surface area contributed by atoms with Gasteiger partial charge in [-0.15, -0.1) is 6.58 Å². The van der Waals surface area contributed by atoms with E-state index in [0.717, 1.165) is 26.0 Å². The molecular formula is C12H25NO. The van der Waals surface area contributed by atoms with E-state index in [1.165, 1.54) is 18.4 Å². The van der Waals surface area contributed by atoms with Gasteiger partial charge in [-0.25, -0.2) is 0 Å². The third-order valence-electron chi connectivity index (χ3n) is 2.18. The molecule has 1 atom stereocenters. The Balaban J connectivity index is 3.66. The molecule has 2 heteroatoms. The van der Waals surface area contributed by atoms with Gasteiger partial charge in [0.05, 0.1) is 0 Å². The molecule has 1 N–H and O–H groups in total. The highest BCUT2D eigenvalue weighted by Gasteiger charge is 2.06. The average molecular weight is 199 g/mol. The highest BCUT2D eigenvalue weighted by atomic mass is 16.5. The molecule has 0 rings (SSSR count). The summed E-state index contributed by atoms with van der Waals surface area (Å²) in [5, 5.41) is 3.54. The normalized spacial score (nSPS) is 12.8. The predicted octanol–water partition coefficient (Wildman–Crippen LogP) is 2.75. The zero-order valence-corrected chi connectivity index (χ0v) is 9.94. The smallest absolute Gasteiger partial charge is 0.0462 e. The second kappa shape index (κ2) is 9.22. The highest BCUT2D eigenvalue weighted by Crippen LogP contribution is 2.08. The number of hydrogen-bond acceptors (Lipinski definition) is 2. The molecule has 0 aromatic rings. The SMILES string of the molecule is C=C(C)CC(CCCOC)NCCC. The van der Waals surface area contributed by atoms with Crippen molar-refractivity contribution in [2.75, 3.05) is 20.3 Å². The van der Waals surface area contributed by atoms with E-state index < -0.39 is 0 Å². The first kappa shape index (κ1) is 13.7. The Hall–Kier alpha value is -0.340. The van der Waals surface area contributed by atoms with E-state index in [0.29, 0.717) is 6.04 Å². The van der Waals surface area contributed by atoms with E-state index in [1.807, 2.05) is 0 Å². The standard InChI is InChI=1S/C12H25NO/c1-5-8-13-12(10-11(2)3)7-6-9-14-4/h12-13H,2,5-10H2,1,3-4H3. The van der Waals surface area contributed by atoms with Crippen molar-refractivity contribution in [3.63, 3.8) is 0 Å². The number of methoxy groups -OCH3 is 1. The molecule has 0 aliphatic carbocycles. The summed E-state index contributed by atoms with van der Waals surface area (Å²) in [4.78, 5) is 0. The maximum atomic E-state index is 5.05. The Morgan fingerprint density at radius 3 is 2.71 bits per heavy atom. The van der Waals surface area contributed by atoms with E-state index in [-0.39, 0.29) is 0 Å². The first-order chi connectivity index (χ1) is 6.70. The summed E-state index contributed by atoms with van der Waals surface area (Å²) in [6.07, 6.45) is 4.59. The second-order valence-electron chi connectivity index (χ2n) is 3.95. The van der Waals surface area contributed by atoms with Crippen LogP contribution >= 0.6 is 0 Å². The van der Waals surface area contributed by atoms with Crippen LogP contribution in [0.15, 0.2) is 12.2 Å². The van der Waals surface area contributed by atoms with Crippen LogP contribution in [0.5, 0.6) is 0 Å². The van der Waals surface area contributed by atoms with Crippen LogP contribution < -0.4 is 5.32 Å². The van der Waals surface area contributed by atoms with Crippen LogP contribution in [0.25, 0.3) is 0 Å².